The third-order valence-electron chi connectivity index (χ3n) is 7.34. The molecule has 4 rings (SSSR count). The summed E-state index contributed by atoms with van der Waals surface area (Å²) in [7, 11) is 4.11. The largest absolute Gasteiger partial charge is 0.355 e. The molecule has 0 saturated carbocycles. The van der Waals surface area contributed by atoms with Gasteiger partial charge in [-0.05, 0) is 64.6 Å². The molecule has 3 aliphatic rings. The number of piperidine rings is 3. The van der Waals surface area contributed by atoms with Crippen LogP contribution in [0.2, 0.25) is 0 Å². The van der Waals surface area contributed by atoms with Crippen LogP contribution >= 0.6 is 0 Å². The molecule has 30 heavy (non-hydrogen) atoms. The number of ketones is 1. The molecule has 1 aromatic rings. The van der Waals surface area contributed by atoms with Gasteiger partial charge in [0.1, 0.15) is 0 Å². The first-order chi connectivity index (χ1) is 14.2. The minimum atomic E-state index is -0.0485. The van der Waals surface area contributed by atoms with Crippen molar-refractivity contribution in [1.29, 1.82) is 0 Å². The SMILES string of the molecule is CC(=O)c1[nH]c(C)c(C(=O)N2C[C@H]3C[C@@H](C2)[C@H](CN(C)C)N2C(=O)CCC[C@@H]32)c1C. The van der Waals surface area contributed by atoms with Crippen LogP contribution in [0.15, 0.2) is 0 Å². The van der Waals surface area contributed by atoms with Crippen molar-refractivity contribution < 1.29 is 14.4 Å². The van der Waals surface area contributed by atoms with Crippen molar-refractivity contribution in [3.63, 3.8) is 0 Å². The van der Waals surface area contributed by atoms with Crippen LogP contribution in [0.4, 0.5) is 0 Å². The topological polar surface area (TPSA) is 76.7 Å². The van der Waals surface area contributed by atoms with E-state index in [2.05, 4.69) is 28.9 Å². The van der Waals surface area contributed by atoms with Crippen molar-refractivity contribution in [2.45, 2.75) is 58.5 Å². The molecule has 0 aliphatic carbocycles. The smallest absolute Gasteiger partial charge is 0.255 e. The summed E-state index contributed by atoms with van der Waals surface area (Å²) in [6.07, 6.45) is 3.71. The fraction of sp³-hybridized carbons (Fsp3) is 0.696. The fourth-order valence-corrected chi connectivity index (χ4v) is 6.13. The Bertz CT molecular complexity index is 874. The van der Waals surface area contributed by atoms with E-state index in [1.54, 1.807) is 0 Å². The number of nitrogens with one attached hydrogen (secondary N) is 1. The first-order valence-corrected chi connectivity index (χ1v) is 11.1. The van der Waals surface area contributed by atoms with Gasteiger partial charge >= 0.3 is 0 Å². The number of H-pyrrole nitrogens is 1. The van der Waals surface area contributed by atoms with Crippen LogP contribution < -0.4 is 0 Å². The minimum absolute atomic E-state index is 0.0163. The number of aromatic amines is 1. The summed E-state index contributed by atoms with van der Waals surface area (Å²) in [5, 5.41) is 0. The van der Waals surface area contributed by atoms with E-state index >= 15 is 0 Å². The number of aromatic nitrogens is 1. The van der Waals surface area contributed by atoms with E-state index in [1.165, 1.54) is 6.92 Å². The van der Waals surface area contributed by atoms with E-state index in [1.807, 2.05) is 18.7 Å². The van der Waals surface area contributed by atoms with Crippen molar-refractivity contribution in [2.75, 3.05) is 33.7 Å². The Labute approximate surface area is 178 Å². The maximum Gasteiger partial charge on any atom is 0.255 e. The van der Waals surface area contributed by atoms with Gasteiger partial charge in [-0.1, -0.05) is 0 Å². The van der Waals surface area contributed by atoms with Gasteiger partial charge in [-0.2, -0.15) is 0 Å². The number of hydrogen-bond donors (Lipinski definition) is 1. The summed E-state index contributed by atoms with van der Waals surface area (Å²) in [5.74, 6) is 0.883. The number of carbonyl (C=O) groups is 3. The number of amides is 2. The van der Waals surface area contributed by atoms with Crippen molar-refractivity contribution in [3.05, 3.63) is 22.5 Å². The standard InChI is InChI=1S/C23H34N4O3/c1-13-21(14(2)24-22(13)15(3)28)23(30)26-10-16-9-17(11-26)19(12-25(4)5)27-18(16)7-6-8-20(27)29/h16-19,24H,6-12H2,1-5H3/t16-,17+,18+,19+/m1/s1. The molecule has 164 valence electrons. The van der Waals surface area contributed by atoms with Crippen LogP contribution in [0, 0.1) is 25.7 Å². The Morgan fingerprint density at radius 1 is 1.17 bits per heavy atom. The van der Waals surface area contributed by atoms with E-state index in [9.17, 15) is 14.4 Å². The average molecular weight is 415 g/mol. The quantitative estimate of drug-likeness (QED) is 0.767. The molecule has 4 atom stereocenters. The lowest BCUT2D eigenvalue weighted by atomic mass is 9.71. The maximum absolute atomic E-state index is 13.6. The molecule has 0 radical (unpaired) electrons. The fourth-order valence-electron chi connectivity index (χ4n) is 6.13. The summed E-state index contributed by atoms with van der Waals surface area (Å²) < 4.78 is 0. The molecule has 1 aromatic heterocycles. The molecule has 7 heteroatoms. The Balaban J connectivity index is 1.64. The summed E-state index contributed by atoms with van der Waals surface area (Å²) in [6, 6.07) is 0.398. The van der Waals surface area contributed by atoms with Crippen LogP contribution in [0.25, 0.3) is 0 Å². The molecule has 3 saturated heterocycles. The molecular formula is C23H34N4O3. The van der Waals surface area contributed by atoms with Crippen molar-refractivity contribution >= 4 is 17.6 Å². The second kappa shape index (κ2) is 7.84. The second-order valence-electron chi connectivity index (χ2n) is 9.74. The van der Waals surface area contributed by atoms with Gasteiger partial charge in [-0.3, -0.25) is 14.4 Å². The van der Waals surface area contributed by atoms with Crippen molar-refractivity contribution in [1.82, 2.24) is 19.7 Å². The van der Waals surface area contributed by atoms with Crippen LogP contribution in [0.5, 0.6) is 0 Å². The van der Waals surface area contributed by atoms with Gasteiger partial charge in [0, 0.05) is 50.8 Å². The molecule has 0 unspecified atom stereocenters. The van der Waals surface area contributed by atoms with Crippen molar-refractivity contribution in [2.24, 2.45) is 11.8 Å². The number of Topliss-reactive ketones (excluding diaryl/α,β-unsaturated/α-hetero) is 1. The minimum Gasteiger partial charge on any atom is -0.355 e. The number of hydrogen-bond acceptors (Lipinski definition) is 4. The molecular weight excluding hydrogens is 380 g/mol. The van der Waals surface area contributed by atoms with Crippen LogP contribution in [-0.4, -0.2) is 83.1 Å². The lowest BCUT2D eigenvalue weighted by molar-refractivity contribution is -0.152. The summed E-state index contributed by atoms with van der Waals surface area (Å²) >= 11 is 0. The van der Waals surface area contributed by atoms with E-state index in [-0.39, 0.29) is 29.7 Å². The van der Waals surface area contributed by atoms with E-state index in [0.717, 1.165) is 37.1 Å². The Morgan fingerprint density at radius 2 is 1.87 bits per heavy atom. The van der Waals surface area contributed by atoms with Crippen LogP contribution in [0.1, 0.15) is 64.7 Å². The number of carbonyl (C=O) groups excluding carboxylic acids is 3. The monoisotopic (exact) mass is 414 g/mol. The normalized spacial score (nSPS) is 28.7. The zero-order valence-electron chi connectivity index (χ0n) is 18.8. The van der Waals surface area contributed by atoms with Gasteiger partial charge in [0.15, 0.2) is 5.78 Å². The zero-order valence-corrected chi connectivity index (χ0v) is 18.8. The number of rotatable bonds is 4. The van der Waals surface area contributed by atoms with Gasteiger partial charge in [0.05, 0.1) is 11.3 Å². The highest BCUT2D eigenvalue weighted by Crippen LogP contribution is 2.42. The molecule has 2 amide bonds. The predicted molar refractivity (Wildman–Crippen MR) is 115 cm³/mol. The zero-order chi connectivity index (χ0) is 21.7. The summed E-state index contributed by atoms with van der Waals surface area (Å²) in [6.45, 7) is 7.45. The Morgan fingerprint density at radius 3 is 2.50 bits per heavy atom. The van der Waals surface area contributed by atoms with Gasteiger partial charge in [-0.25, -0.2) is 0 Å². The van der Waals surface area contributed by atoms with Gasteiger partial charge < -0.3 is 19.7 Å². The molecule has 3 aliphatic heterocycles. The molecule has 2 bridgehead atoms. The van der Waals surface area contributed by atoms with Crippen molar-refractivity contribution in [3.8, 4) is 0 Å². The van der Waals surface area contributed by atoms with Gasteiger partial charge in [0.2, 0.25) is 5.91 Å². The van der Waals surface area contributed by atoms with E-state index in [0.29, 0.717) is 42.6 Å². The van der Waals surface area contributed by atoms with E-state index < -0.39 is 0 Å². The Kier molecular flexibility index (Phi) is 5.51. The second-order valence-corrected chi connectivity index (χ2v) is 9.74. The molecule has 4 heterocycles. The van der Waals surface area contributed by atoms with Gasteiger partial charge in [-0.15, -0.1) is 0 Å². The lowest BCUT2D eigenvalue weighted by Gasteiger charge is -2.57. The number of nitrogens with zero attached hydrogens (tertiary/aromatic N) is 3. The third-order valence-corrected chi connectivity index (χ3v) is 7.34. The first-order valence-electron chi connectivity index (χ1n) is 11.1. The van der Waals surface area contributed by atoms with Crippen LogP contribution in [0.3, 0.4) is 0 Å². The van der Waals surface area contributed by atoms with Gasteiger partial charge in [0.25, 0.3) is 5.91 Å². The lowest BCUT2D eigenvalue weighted by Crippen LogP contribution is -2.67. The average Bonchev–Trinajstić information content (AvgIpc) is 2.98. The summed E-state index contributed by atoms with van der Waals surface area (Å²) in [4.78, 5) is 47.8. The predicted octanol–water partition coefficient (Wildman–Crippen LogP) is 2.24. The highest BCUT2D eigenvalue weighted by molar-refractivity contribution is 6.02. The third kappa shape index (κ3) is 3.47. The number of likely N-dealkylation sites (N-methyl/N-ethyl adjacent to an activating group) is 1. The number of aryl methyl sites for hydroxylation is 1. The van der Waals surface area contributed by atoms with Crippen LogP contribution in [-0.2, 0) is 4.79 Å². The van der Waals surface area contributed by atoms with E-state index in [4.69, 9.17) is 0 Å². The Hall–Kier alpha value is -2.15. The number of likely N-dealkylation sites (tertiary alicyclic amines) is 1. The molecule has 1 N–H and O–H groups in total. The number of fused-ring (bicyclic) bond motifs is 4. The molecule has 0 spiro atoms. The summed E-state index contributed by atoms with van der Waals surface area (Å²) in [5.41, 5.74) is 2.68. The molecule has 7 nitrogen and oxygen atoms in total. The molecule has 0 aromatic carbocycles. The highest BCUT2D eigenvalue weighted by Gasteiger charge is 2.50. The highest BCUT2D eigenvalue weighted by atomic mass is 16.2. The maximum atomic E-state index is 13.6. The molecule has 3 fully saturated rings. The first kappa shape index (κ1) is 21.1.